The molecule has 0 radical (unpaired) electrons. The summed E-state index contributed by atoms with van der Waals surface area (Å²) < 4.78 is 0. The molecule has 0 atom stereocenters. The third-order valence-electron chi connectivity index (χ3n) is 2.10. The minimum Gasteiger partial charge on any atom is -0.330 e. The Morgan fingerprint density at radius 1 is 1.33 bits per heavy atom. The Morgan fingerprint density at radius 2 is 1.94 bits per heavy atom. The van der Waals surface area contributed by atoms with E-state index in [2.05, 4.69) is 17.1 Å². The van der Waals surface area contributed by atoms with Crippen LogP contribution in [-0.4, -0.2) is 16.7 Å². The standard InChI is InChI=1S/C10H7ClN2O.C3H9N/c11-9-6-8(14)10(13-12-9)7-4-2-1-3-5-7;1-2-3-4/h1-6H,(H,12,14);2-4H2,1H3. The summed E-state index contributed by atoms with van der Waals surface area (Å²) in [6.45, 7) is 2.88. The number of aromatic amines is 1. The molecule has 1 heterocycles. The van der Waals surface area contributed by atoms with Crippen LogP contribution in [0.1, 0.15) is 13.3 Å². The maximum atomic E-state index is 11.5. The van der Waals surface area contributed by atoms with Crippen molar-refractivity contribution in [2.45, 2.75) is 13.3 Å². The van der Waals surface area contributed by atoms with E-state index in [-0.39, 0.29) is 10.6 Å². The monoisotopic (exact) mass is 265 g/mol. The topological polar surface area (TPSA) is 71.8 Å². The molecule has 2 rings (SSSR count). The van der Waals surface area contributed by atoms with Gasteiger partial charge in [-0.1, -0.05) is 48.9 Å². The second-order valence-corrected chi connectivity index (χ2v) is 3.99. The number of hydrogen-bond acceptors (Lipinski definition) is 3. The summed E-state index contributed by atoms with van der Waals surface area (Å²) in [4.78, 5) is 11.5. The third kappa shape index (κ3) is 4.31. The second kappa shape index (κ2) is 7.63. The van der Waals surface area contributed by atoms with Crippen molar-refractivity contribution in [1.29, 1.82) is 0 Å². The molecule has 0 spiro atoms. The highest BCUT2D eigenvalue weighted by molar-refractivity contribution is 6.29. The number of halogens is 1. The van der Waals surface area contributed by atoms with Crippen molar-refractivity contribution in [2.75, 3.05) is 6.54 Å². The van der Waals surface area contributed by atoms with Crippen molar-refractivity contribution in [1.82, 2.24) is 10.2 Å². The van der Waals surface area contributed by atoms with Crippen molar-refractivity contribution < 1.29 is 0 Å². The van der Waals surface area contributed by atoms with Gasteiger partial charge in [0.05, 0.1) is 0 Å². The predicted molar refractivity (Wildman–Crippen MR) is 74.6 cm³/mol. The van der Waals surface area contributed by atoms with Crippen LogP contribution in [0.3, 0.4) is 0 Å². The van der Waals surface area contributed by atoms with E-state index in [1.165, 1.54) is 6.07 Å². The van der Waals surface area contributed by atoms with Gasteiger partial charge in [0.15, 0.2) is 0 Å². The summed E-state index contributed by atoms with van der Waals surface area (Å²) in [5, 5.41) is 6.68. The van der Waals surface area contributed by atoms with Gasteiger partial charge in [-0.3, -0.25) is 9.89 Å². The van der Waals surface area contributed by atoms with Gasteiger partial charge in [-0.25, -0.2) is 0 Å². The number of nitrogens with zero attached hydrogens (tertiary/aromatic N) is 1. The highest BCUT2D eigenvalue weighted by atomic mass is 35.5. The van der Waals surface area contributed by atoms with Crippen LogP contribution in [0.4, 0.5) is 0 Å². The molecule has 2 aromatic rings. The predicted octanol–water partition coefficient (Wildman–Crippen LogP) is 2.45. The molecular weight excluding hydrogens is 250 g/mol. The minimum absolute atomic E-state index is 0.181. The van der Waals surface area contributed by atoms with Crippen LogP contribution in [0.5, 0.6) is 0 Å². The van der Waals surface area contributed by atoms with Gasteiger partial charge in [0.1, 0.15) is 10.8 Å². The highest BCUT2D eigenvalue weighted by Crippen LogP contribution is 2.11. The molecular formula is C13H16ClN3O. The number of nitrogens with two attached hydrogens (primary N) is 1. The number of nitrogens with one attached hydrogen (secondary N) is 1. The number of benzene rings is 1. The molecule has 0 aliphatic rings. The average Bonchev–Trinajstić information content (AvgIpc) is 2.40. The molecule has 0 bridgehead atoms. The Bertz CT molecular complexity index is 523. The number of rotatable bonds is 2. The SMILES string of the molecule is CCCN.O=c1cc(Cl)[nH]nc1-c1ccccc1. The van der Waals surface area contributed by atoms with E-state index in [9.17, 15) is 4.79 Å². The van der Waals surface area contributed by atoms with Crippen LogP contribution < -0.4 is 11.2 Å². The summed E-state index contributed by atoms with van der Waals surface area (Å²) in [7, 11) is 0. The van der Waals surface area contributed by atoms with E-state index in [0.29, 0.717) is 5.69 Å². The van der Waals surface area contributed by atoms with Crippen LogP contribution in [-0.2, 0) is 0 Å². The first-order valence-electron chi connectivity index (χ1n) is 5.69. The lowest BCUT2D eigenvalue weighted by Gasteiger charge is -1.98. The van der Waals surface area contributed by atoms with Crippen LogP contribution in [0.25, 0.3) is 11.3 Å². The van der Waals surface area contributed by atoms with Gasteiger partial charge >= 0.3 is 0 Å². The van der Waals surface area contributed by atoms with Crippen molar-refractivity contribution >= 4 is 11.6 Å². The van der Waals surface area contributed by atoms with Crippen molar-refractivity contribution in [3.8, 4) is 11.3 Å². The van der Waals surface area contributed by atoms with Crippen molar-refractivity contribution in [2.24, 2.45) is 5.73 Å². The Labute approximate surface area is 111 Å². The van der Waals surface area contributed by atoms with Gasteiger partial charge in [0, 0.05) is 11.6 Å². The molecule has 1 aromatic heterocycles. The first kappa shape index (κ1) is 14.4. The lowest BCUT2D eigenvalue weighted by Crippen LogP contribution is -2.07. The molecule has 1 aromatic carbocycles. The van der Waals surface area contributed by atoms with Gasteiger partial charge in [-0.2, -0.15) is 5.10 Å². The van der Waals surface area contributed by atoms with E-state index >= 15 is 0 Å². The molecule has 96 valence electrons. The fourth-order valence-electron chi connectivity index (χ4n) is 1.18. The second-order valence-electron chi connectivity index (χ2n) is 3.58. The fourth-order valence-corrected chi connectivity index (χ4v) is 1.32. The Kier molecular flexibility index (Phi) is 6.11. The molecule has 0 saturated heterocycles. The van der Waals surface area contributed by atoms with Gasteiger partial charge in [0.2, 0.25) is 5.43 Å². The molecule has 0 saturated carbocycles. The molecule has 3 N–H and O–H groups in total. The number of hydrogen-bond donors (Lipinski definition) is 2. The van der Waals surface area contributed by atoms with Gasteiger partial charge in [-0.05, 0) is 13.0 Å². The molecule has 0 aliphatic carbocycles. The van der Waals surface area contributed by atoms with Crippen LogP contribution in [0.15, 0.2) is 41.2 Å². The molecule has 0 unspecified atom stereocenters. The molecule has 0 fully saturated rings. The number of H-pyrrole nitrogens is 1. The van der Waals surface area contributed by atoms with Gasteiger partial charge in [-0.15, -0.1) is 0 Å². The molecule has 0 amide bonds. The van der Waals surface area contributed by atoms with E-state index in [0.717, 1.165) is 18.5 Å². The maximum Gasteiger partial charge on any atom is 0.209 e. The maximum absolute atomic E-state index is 11.5. The van der Waals surface area contributed by atoms with Crippen LogP contribution in [0, 0.1) is 0 Å². The number of aromatic nitrogens is 2. The lowest BCUT2D eigenvalue weighted by atomic mass is 10.1. The fraction of sp³-hybridized carbons (Fsp3) is 0.231. The van der Waals surface area contributed by atoms with Crippen LogP contribution in [0.2, 0.25) is 5.15 Å². The molecule has 0 aliphatic heterocycles. The van der Waals surface area contributed by atoms with E-state index in [1.54, 1.807) is 0 Å². The van der Waals surface area contributed by atoms with Crippen molar-refractivity contribution in [3.63, 3.8) is 0 Å². The Balaban J connectivity index is 0.000000357. The van der Waals surface area contributed by atoms with Crippen LogP contribution >= 0.6 is 11.6 Å². The normalized spacial score (nSPS) is 9.50. The summed E-state index contributed by atoms with van der Waals surface area (Å²) in [6, 6.07) is 10.6. The van der Waals surface area contributed by atoms with Crippen molar-refractivity contribution in [3.05, 3.63) is 51.8 Å². The van der Waals surface area contributed by atoms with E-state index in [1.807, 2.05) is 30.3 Å². The molecule has 5 heteroatoms. The highest BCUT2D eigenvalue weighted by Gasteiger charge is 2.03. The zero-order chi connectivity index (χ0) is 13.4. The summed E-state index contributed by atoms with van der Waals surface area (Å²) >= 11 is 5.59. The van der Waals surface area contributed by atoms with Gasteiger partial charge < -0.3 is 5.73 Å². The first-order chi connectivity index (χ1) is 8.69. The lowest BCUT2D eigenvalue weighted by molar-refractivity contribution is 0.932. The first-order valence-corrected chi connectivity index (χ1v) is 6.07. The quantitative estimate of drug-likeness (QED) is 0.876. The smallest absolute Gasteiger partial charge is 0.209 e. The zero-order valence-electron chi connectivity index (χ0n) is 10.2. The summed E-state index contributed by atoms with van der Waals surface area (Å²) in [6.07, 6.45) is 1.10. The average molecular weight is 266 g/mol. The molecule has 4 nitrogen and oxygen atoms in total. The minimum atomic E-state index is -0.181. The van der Waals surface area contributed by atoms with Gasteiger partial charge in [0.25, 0.3) is 0 Å². The molecule has 18 heavy (non-hydrogen) atoms. The summed E-state index contributed by atoms with van der Waals surface area (Å²) in [5.74, 6) is 0. The summed E-state index contributed by atoms with van der Waals surface area (Å²) in [5.41, 5.74) is 6.01. The Morgan fingerprint density at radius 3 is 2.44 bits per heavy atom. The Hall–Kier alpha value is -1.65. The van der Waals surface area contributed by atoms with E-state index in [4.69, 9.17) is 17.3 Å². The van der Waals surface area contributed by atoms with E-state index < -0.39 is 0 Å². The zero-order valence-corrected chi connectivity index (χ0v) is 10.9. The third-order valence-corrected chi connectivity index (χ3v) is 2.30. The largest absolute Gasteiger partial charge is 0.330 e.